The summed E-state index contributed by atoms with van der Waals surface area (Å²) in [6.07, 6.45) is 2.46. The first kappa shape index (κ1) is 9.06. The Kier molecular flexibility index (Phi) is 2.58. The quantitative estimate of drug-likeness (QED) is 0.589. The third-order valence-electron chi connectivity index (χ3n) is 2.60. The topological polar surface area (TPSA) is 32.7 Å². The van der Waals surface area contributed by atoms with Crippen molar-refractivity contribution in [3.8, 4) is 0 Å². The normalized spacial score (nSPS) is 25.2. The van der Waals surface area contributed by atoms with Gasteiger partial charge in [0.1, 0.15) is 0 Å². The first-order valence-corrected chi connectivity index (χ1v) is 5.73. The highest BCUT2D eigenvalue weighted by molar-refractivity contribution is 8.14. The maximum absolute atomic E-state index is 10.9. The molecule has 1 fully saturated rings. The number of aliphatic imine (C=N–C) groups is 1. The van der Waals surface area contributed by atoms with Gasteiger partial charge >= 0.3 is 0 Å². The van der Waals surface area contributed by atoms with Crippen molar-refractivity contribution in [2.45, 2.75) is 19.8 Å². The first-order chi connectivity index (χ1) is 6.25. The molecule has 4 heteroatoms. The van der Waals surface area contributed by atoms with Crippen LogP contribution in [-0.2, 0) is 4.79 Å². The molecule has 0 bridgehead atoms. The number of carbonyl (C=O) groups excluding carboxylic acids is 1. The van der Waals surface area contributed by atoms with Crippen LogP contribution in [0.25, 0.3) is 0 Å². The Morgan fingerprint density at radius 1 is 1.46 bits per heavy atom. The Hall–Kier alpha value is -0.510. The van der Waals surface area contributed by atoms with Gasteiger partial charge in [0.15, 0.2) is 5.17 Å². The molecule has 0 radical (unpaired) electrons. The summed E-state index contributed by atoms with van der Waals surface area (Å²) in [5.41, 5.74) is 0. The number of likely N-dealkylation sites (tertiary alicyclic amines) is 1. The molecule has 0 aliphatic carbocycles. The van der Waals surface area contributed by atoms with E-state index in [1.807, 2.05) is 0 Å². The van der Waals surface area contributed by atoms with E-state index >= 15 is 0 Å². The lowest BCUT2D eigenvalue weighted by molar-refractivity contribution is -0.115. The lowest BCUT2D eigenvalue weighted by atomic mass is 10.00. The molecular formula is C9H14N2OS. The standard InChI is InChI=1S/C9H14N2OS/c1-7-2-4-11(5-3-7)9-10-8(12)6-13-9/h7H,2-6H2,1H3. The molecule has 0 saturated carbocycles. The molecule has 0 aromatic rings. The van der Waals surface area contributed by atoms with Gasteiger partial charge in [0.25, 0.3) is 5.91 Å². The molecular weight excluding hydrogens is 184 g/mol. The summed E-state index contributed by atoms with van der Waals surface area (Å²) >= 11 is 1.58. The highest BCUT2D eigenvalue weighted by Gasteiger charge is 2.23. The Morgan fingerprint density at radius 3 is 2.69 bits per heavy atom. The van der Waals surface area contributed by atoms with E-state index in [1.54, 1.807) is 11.8 Å². The molecule has 2 rings (SSSR count). The average Bonchev–Trinajstić information content (AvgIpc) is 2.53. The molecule has 0 spiro atoms. The summed E-state index contributed by atoms with van der Waals surface area (Å²) < 4.78 is 0. The fourth-order valence-electron chi connectivity index (χ4n) is 1.66. The predicted molar refractivity (Wildman–Crippen MR) is 54.9 cm³/mol. The second-order valence-corrected chi connectivity index (χ2v) is 4.69. The van der Waals surface area contributed by atoms with Gasteiger partial charge in [-0.05, 0) is 18.8 Å². The zero-order chi connectivity index (χ0) is 9.26. The van der Waals surface area contributed by atoms with Gasteiger partial charge in [-0.1, -0.05) is 18.7 Å². The van der Waals surface area contributed by atoms with E-state index in [4.69, 9.17) is 0 Å². The van der Waals surface area contributed by atoms with Crippen molar-refractivity contribution in [2.24, 2.45) is 10.9 Å². The smallest absolute Gasteiger partial charge is 0.258 e. The molecule has 2 aliphatic heterocycles. The fourth-order valence-corrected chi connectivity index (χ4v) is 2.51. The number of amides is 1. The van der Waals surface area contributed by atoms with E-state index in [9.17, 15) is 4.79 Å². The van der Waals surface area contributed by atoms with E-state index in [0.717, 1.165) is 24.2 Å². The van der Waals surface area contributed by atoms with Crippen LogP contribution >= 0.6 is 11.8 Å². The molecule has 2 heterocycles. The van der Waals surface area contributed by atoms with Crippen molar-refractivity contribution in [3.05, 3.63) is 0 Å². The summed E-state index contributed by atoms with van der Waals surface area (Å²) in [7, 11) is 0. The largest absolute Gasteiger partial charge is 0.351 e. The monoisotopic (exact) mass is 198 g/mol. The van der Waals surface area contributed by atoms with Crippen molar-refractivity contribution in [2.75, 3.05) is 18.8 Å². The zero-order valence-electron chi connectivity index (χ0n) is 7.82. The van der Waals surface area contributed by atoms with Crippen LogP contribution in [0.2, 0.25) is 0 Å². The van der Waals surface area contributed by atoms with E-state index in [0.29, 0.717) is 5.75 Å². The lowest BCUT2D eigenvalue weighted by Crippen LogP contribution is -2.35. The summed E-state index contributed by atoms with van der Waals surface area (Å²) in [5, 5.41) is 0.955. The second kappa shape index (κ2) is 3.70. The van der Waals surface area contributed by atoms with Crippen LogP contribution < -0.4 is 0 Å². The van der Waals surface area contributed by atoms with Gasteiger partial charge in [-0.2, -0.15) is 4.99 Å². The summed E-state index contributed by atoms with van der Waals surface area (Å²) in [6.45, 7) is 4.42. The van der Waals surface area contributed by atoms with Crippen LogP contribution in [-0.4, -0.2) is 34.8 Å². The molecule has 0 N–H and O–H groups in total. The highest BCUT2D eigenvalue weighted by Crippen LogP contribution is 2.22. The van der Waals surface area contributed by atoms with Gasteiger partial charge in [-0.3, -0.25) is 4.79 Å². The third-order valence-corrected chi connectivity index (χ3v) is 3.60. The fraction of sp³-hybridized carbons (Fsp3) is 0.778. The molecule has 72 valence electrons. The number of thioether (sulfide) groups is 1. The van der Waals surface area contributed by atoms with E-state index < -0.39 is 0 Å². The Labute approximate surface area is 82.6 Å². The molecule has 0 aromatic heterocycles. The van der Waals surface area contributed by atoms with Crippen LogP contribution in [0.5, 0.6) is 0 Å². The van der Waals surface area contributed by atoms with Gasteiger partial charge in [0.2, 0.25) is 0 Å². The van der Waals surface area contributed by atoms with E-state index in [-0.39, 0.29) is 5.91 Å². The molecule has 0 aromatic carbocycles. The van der Waals surface area contributed by atoms with Crippen LogP contribution in [0.1, 0.15) is 19.8 Å². The number of piperidine rings is 1. The summed E-state index contributed by atoms with van der Waals surface area (Å²) in [6, 6.07) is 0. The minimum atomic E-state index is 0.0265. The number of carbonyl (C=O) groups is 1. The number of hydrogen-bond donors (Lipinski definition) is 0. The molecule has 0 atom stereocenters. The first-order valence-electron chi connectivity index (χ1n) is 4.75. The second-order valence-electron chi connectivity index (χ2n) is 3.75. The number of rotatable bonds is 0. The zero-order valence-corrected chi connectivity index (χ0v) is 8.64. The van der Waals surface area contributed by atoms with E-state index in [2.05, 4.69) is 16.8 Å². The highest BCUT2D eigenvalue weighted by atomic mass is 32.2. The van der Waals surface area contributed by atoms with Crippen LogP contribution in [0.4, 0.5) is 0 Å². The van der Waals surface area contributed by atoms with Gasteiger partial charge in [0.05, 0.1) is 5.75 Å². The Balaban J connectivity index is 1.95. The Bertz CT molecular complexity index is 244. The molecule has 13 heavy (non-hydrogen) atoms. The number of amidine groups is 1. The van der Waals surface area contributed by atoms with Gasteiger partial charge < -0.3 is 4.90 Å². The average molecular weight is 198 g/mol. The Morgan fingerprint density at radius 2 is 2.15 bits per heavy atom. The predicted octanol–water partition coefficient (Wildman–Crippen LogP) is 1.35. The van der Waals surface area contributed by atoms with Gasteiger partial charge in [-0.15, -0.1) is 0 Å². The maximum Gasteiger partial charge on any atom is 0.258 e. The minimum Gasteiger partial charge on any atom is -0.351 e. The molecule has 0 unspecified atom stereocenters. The summed E-state index contributed by atoms with van der Waals surface area (Å²) in [5.74, 6) is 1.40. The van der Waals surface area contributed by atoms with Crippen molar-refractivity contribution >= 4 is 22.8 Å². The van der Waals surface area contributed by atoms with Gasteiger partial charge in [0, 0.05) is 13.1 Å². The van der Waals surface area contributed by atoms with Crippen molar-refractivity contribution < 1.29 is 4.79 Å². The van der Waals surface area contributed by atoms with Crippen molar-refractivity contribution in [3.63, 3.8) is 0 Å². The maximum atomic E-state index is 10.9. The van der Waals surface area contributed by atoms with Crippen LogP contribution in [0, 0.1) is 5.92 Å². The number of hydrogen-bond acceptors (Lipinski definition) is 3. The lowest BCUT2D eigenvalue weighted by Gasteiger charge is -2.30. The number of nitrogens with zero attached hydrogens (tertiary/aromatic N) is 2. The molecule has 1 amide bonds. The minimum absolute atomic E-state index is 0.0265. The third kappa shape index (κ3) is 2.05. The van der Waals surface area contributed by atoms with Crippen molar-refractivity contribution in [1.29, 1.82) is 0 Å². The molecule has 1 saturated heterocycles. The molecule has 3 nitrogen and oxygen atoms in total. The summed E-state index contributed by atoms with van der Waals surface area (Å²) in [4.78, 5) is 17.2. The van der Waals surface area contributed by atoms with Crippen molar-refractivity contribution in [1.82, 2.24) is 4.90 Å². The van der Waals surface area contributed by atoms with Crippen LogP contribution in [0.15, 0.2) is 4.99 Å². The van der Waals surface area contributed by atoms with Gasteiger partial charge in [-0.25, -0.2) is 0 Å². The van der Waals surface area contributed by atoms with E-state index in [1.165, 1.54) is 12.8 Å². The SMILES string of the molecule is CC1CCN(C2=NC(=O)CS2)CC1. The molecule has 2 aliphatic rings. The van der Waals surface area contributed by atoms with Crippen LogP contribution in [0.3, 0.4) is 0 Å².